The van der Waals surface area contributed by atoms with Gasteiger partial charge in [-0.1, -0.05) is 34.6 Å². The van der Waals surface area contributed by atoms with Crippen LogP contribution >= 0.6 is 11.8 Å². The Morgan fingerprint density at radius 1 is 1.23 bits per heavy atom. The first kappa shape index (κ1) is 11.4. The first-order valence-corrected chi connectivity index (χ1v) is 5.90. The number of nitrogens with two attached hydrogens (primary N) is 1. The summed E-state index contributed by atoms with van der Waals surface area (Å²) in [5.41, 5.74) is 6.40. The standard InChI is InChI=1S/C11H23NS/c1-9(2,3)13-11(8-12)6-10(4,5)7-11/h6-8,12H2,1-5H3. The first-order chi connectivity index (χ1) is 5.68. The molecule has 1 saturated carbocycles. The van der Waals surface area contributed by atoms with Crippen LogP contribution in [0.3, 0.4) is 0 Å². The maximum Gasteiger partial charge on any atom is 0.0297 e. The lowest BCUT2D eigenvalue weighted by Crippen LogP contribution is -2.53. The van der Waals surface area contributed by atoms with Crippen molar-refractivity contribution in [3.63, 3.8) is 0 Å². The van der Waals surface area contributed by atoms with E-state index in [0.717, 1.165) is 6.54 Å². The van der Waals surface area contributed by atoms with Crippen LogP contribution in [0.25, 0.3) is 0 Å². The van der Waals surface area contributed by atoms with Gasteiger partial charge in [-0.05, 0) is 18.3 Å². The van der Waals surface area contributed by atoms with Crippen LogP contribution in [-0.2, 0) is 0 Å². The van der Waals surface area contributed by atoms with Crippen molar-refractivity contribution in [2.75, 3.05) is 6.54 Å². The highest BCUT2D eigenvalue weighted by Crippen LogP contribution is 2.57. The van der Waals surface area contributed by atoms with E-state index < -0.39 is 0 Å². The molecular formula is C11H23NS. The lowest BCUT2D eigenvalue weighted by molar-refractivity contribution is 0.131. The Labute approximate surface area is 86.8 Å². The van der Waals surface area contributed by atoms with Crippen molar-refractivity contribution in [1.29, 1.82) is 0 Å². The van der Waals surface area contributed by atoms with E-state index in [0.29, 0.717) is 14.9 Å². The number of hydrogen-bond donors (Lipinski definition) is 1. The van der Waals surface area contributed by atoms with Gasteiger partial charge in [-0.3, -0.25) is 0 Å². The molecule has 78 valence electrons. The van der Waals surface area contributed by atoms with Crippen LogP contribution < -0.4 is 5.73 Å². The van der Waals surface area contributed by atoms with E-state index in [1.807, 2.05) is 0 Å². The molecule has 1 aliphatic rings. The zero-order chi connectivity index (χ0) is 10.3. The molecule has 0 aromatic rings. The highest BCUT2D eigenvalue weighted by Gasteiger charge is 2.50. The number of hydrogen-bond acceptors (Lipinski definition) is 2. The Hall–Kier alpha value is 0.310. The summed E-state index contributed by atoms with van der Waals surface area (Å²) in [5, 5.41) is 0. The average molecular weight is 201 g/mol. The Morgan fingerprint density at radius 2 is 1.69 bits per heavy atom. The molecule has 0 spiro atoms. The zero-order valence-corrected chi connectivity index (χ0v) is 10.4. The van der Waals surface area contributed by atoms with E-state index in [4.69, 9.17) is 5.73 Å². The molecule has 1 nitrogen and oxygen atoms in total. The molecule has 0 bridgehead atoms. The third kappa shape index (κ3) is 2.88. The predicted octanol–water partition coefficient (Wildman–Crippen LogP) is 3.04. The maximum atomic E-state index is 5.88. The highest BCUT2D eigenvalue weighted by molar-refractivity contribution is 8.02. The highest BCUT2D eigenvalue weighted by atomic mass is 32.2. The van der Waals surface area contributed by atoms with E-state index in [1.54, 1.807) is 0 Å². The summed E-state index contributed by atoms with van der Waals surface area (Å²) in [6.07, 6.45) is 2.55. The molecule has 1 aliphatic carbocycles. The van der Waals surface area contributed by atoms with Crippen LogP contribution in [-0.4, -0.2) is 16.0 Å². The van der Waals surface area contributed by atoms with Gasteiger partial charge in [0.25, 0.3) is 0 Å². The van der Waals surface area contributed by atoms with Gasteiger partial charge in [-0.15, -0.1) is 11.8 Å². The SMILES string of the molecule is CC1(C)CC(CN)(SC(C)(C)C)C1. The second-order valence-corrected chi connectivity index (χ2v) is 8.41. The molecule has 0 atom stereocenters. The summed E-state index contributed by atoms with van der Waals surface area (Å²) in [5.74, 6) is 0. The molecule has 0 aromatic carbocycles. The van der Waals surface area contributed by atoms with Crippen molar-refractivity contribution in [2.45, 2.75) is 57.0 Å². The van der Waals surface area contributed by atoms with E-state index in [2.05, 4.69) is 46.4 Å². The molecule has 0 radical (unpaired) electrons. The number of rotatable bonds is 2. The predicted molar refractivity (Wildman–Crippen MR) is 62.1 cm³/mol. The fraction of sp³-hybridized carbons (Fsp3) is 1.00. The molecule has 13 heavy (non-hydrogen) atoms. The summed E-state index contributed by atoms with van der Waals surface area (Å²) >= 11 is 2.07. The minimum Gasteiger partial charge on any atom is -0.329 e. The molecule has 1 rings (SSSR count). The molecule has 0 unspecified atom stereocenters. The minimum atomic E-state index is 0.343. The maximum absolute atomic E-state index is 5.88. The van der Waals surface area contributed by atoms with Crippen molar-refractivity contribution in [1.82, 2.24) is 0 Å². The van der Waals surface area contributed by atoms with Crippen molar-refractivity contribution >= 4 is 11.8 Å². The molecular weight excluding hydrogens is 178 g/mol. The largest absolute Gasteiger partial charge is 0.329 e. The lowest BCUT2D eigenvalue weighted by atomic mass is 9.64. The quantitative estimate of drug-likeness (QED) is 0.743. The van der Waals surface area contributed by atoms with Gasteiger partial charge in [-0.25, -0.2) is 0 Å². The number of thioether (sulfide) groups is 1. The average Bonchev–Trinajstić information content (AvgIpc) is 1.79. The second-order valence-electron chi connectivity index (χ2n) is 6.12. The van der Waals surface area contributed by atoms with Crippen molar-refractivity contribution in [2.24, 2.45) is 11.1 Å². The van der Waals surface area contributed by atoms with Gasteiger partial charge in [-0.2, -0.15) is 0 Å². The van der Waals surface area contributed by atoms with Gasteiger partial charge in [0.05, 0.1) is 0 Å². The minimum absolute atomic E-state index is 0.343. The van der Waals surface area contributed by atoms with Crippen LogP contribution in [0.1, 0.15) is 47.5 Å². The summed E-state index contributed by atoms with van der Waals surface area (Å²) in [7, 11) is 0. The zero-order valence-electron chi connectivity index (χ0n) is 9.61. The van der Waals surface area contributed by atoms with Gasteiger partial charge >= 0.3 is 0 Å². The topological polar surface area (TPSA) is 26.0 Å². The van der Waals surface area contributed by atoms with Crippen LogP contribution in [0, 0.1) is 5.41 Å². The van der Waals surface area contributed by atoms with Crippen LogP contribution in [0.2, 0.25) is 0 Å². The Morgan fingerprint density at radius 3 is 1.92 bits per heavy atom. The van der Waals surface area contributed by atoms with E-state index in [-0.39, 0.29) is 0 Å². The summed E-state index contributed by atoms with van der Waals surface area (Å²) in [4.78, 5) is 0. The summed E-state index contributed by atoms with van der Waals surface area (Å²) < 4.78 is 0.720. The van der Waals surface area contributed by atoms with E-state index in [9.17, 15) is 0 Å². The molecule has 0 saturated heterocycles. The second kappa shape index (κ2) is 3.16. The summed E-state index contributed by atoms with van der Waals surface area (Å²) in [6.45, 7) is 12.3. The third-order valence-electron chi connectivity index (χ3n) is 2.50. The molecule has 2 N–H and O–H groups in total. The van der Waals surface area contributed by atoms with E-state index in [1.165, 1.54) is 12.8 Å². The third-order valence-corrected chi connectivity index (χ3v) is 4.00. The monoisotopic (exact) mass is 201 g/mol. The van der Waals surface area contributed by atoms with Gasteiger partial charge in [0, 0.05) is 16.0 Å². The molecule has 0 aliphatic heterocycles. The Bertz CT molecular complexity index is 183. The van der Waals surface area contributed by atoms with Crippen molar-refractivity contribution in [3.8, 4) is 0 Å². The van der Waals surface area contributed by atoms with Gasteiger partial charge < -0.3 is 5.73 Å². The Kier molecular flexibility index (Phi) is 2.77. The van der Waals surface area contributed by atoms with Crippen molar-refractivity contribution in [3.05, 3.63) is 0 Å². The molecule has 1 fully saturated rings. The van der Waals surface area contributed by atoms with Crippen LogP contribution in [0.5, 0.6) is 0 Å². The van der Waals surface area contributed by atoms with Gasteiger partial charge in [0.2, 0.25) is 0 Å². The summed E-state index contributed by atoms with van der Waals surface area (Å²) in [6, 6.07) is 0. The molecule has 2 heteroatoms. The fourth-order valence-corrected chi connectivity index (χ4v) is 4.91. The fourth-order valence-electron chi connectivity index (χ4n) is 2.60. The molecule has 0 heterocycles. The van der Waals surface area contributed by atoms with Crippen LogP contribution in [0.4, 0.5) is 0 Å². The molecule has 0 amide bonds. The van der Waals surface area contributed by atoms with Crippen molar-refractivity contribution < 1.29 is 0 Å². The van der Waals surface area contributed by atoms with Gasteiger partial charge in [0.1, 0.15) is 0 Å². The normalized spacial score (nSPS) is 25.4. The molecule has 0 aromatic heterocycles. The smallest absolute Gasteiger partial charge is 0.0297 e. The Balaban J connectivity index is 2.56. The lowest BCUT2D eigenvalue weighted by Gasteiger charge is -2.54. The first-order valence-electron chi connectivity index (χ1n) is 5.08. The van der Waals surface area contributed by atoms with Gasteiger partial charge in [0.15, 0.2) is 0 Å². The van der Waals surface area contributed by atoms with E-state index >= 15 is 0 Å². The van der Waals surface area contributed by atoms with Crippen LogP contribution in [0.15, 0.2) is 0 Å².